The van der Waals surface area contributed by atoms with E-state index < -0.39 is 5.97 Å². The Bertz CT molecular complexity index is 590. The van der Waals surface area contributed by atoms with Crippen molar-refractivity contribution in [2.75, 3.05) is 6.54 Å². The molecule has 0 aliphatic heterocycles. The molecule has 1 amide bonds. The highest BCUT2D eigenvalue weighted by atomic mass is 16.4. The number of amides is 1. The molecular weight excluding hydrogens is 232 g/mol. The number of pyridine rings is 1. The predicted molar refractivity (Wildman–Crippen MR) is 66.3 cm³/mol. The summed E-state index contributed by atoms with van der Waals surface area (Å²) < 4.78 is 0. The van der Waals surface area contributed by atoms with Crippen molar-refractivity contribution in [1.29, 1.82) is 0 Å². The van der Waals surface area contributed by atoms with Gasteiger partial charge in [0.05, 0.1) is 17.5 Å². The molecule has 0 spiro atoms. The number of carbonyl (C=O) groups is 2. The summed E-state index contributed by atoms with van der Waals surface area (Å²) in [4.78, 5) is 26.4. The van der Waals surface area contributed by atoms with Gasteiger partial charge in [-0.15, -0.1) is 0 Å². The number of hydrogen-bond acceptors (Lipinski definition) is 3. The van der Waals surface area contributed by atoms with Crippen molar-refractivity contribution < 1.29 is 14.7 Å². The largest absolute Gasteiger partial charge is 0.481 e. The summed E-state index contributed by atoms with van der Waals surface area (Å²) in [6.07, 6.45) is 1.48. The summed E-state index contributed by atoms with van der Waals surface area (Å²) in [6.45, 7) is 0.116. The van der Waals surface area contributed by atoms with Crippen LogP contribution in [0.2, 0.25) is 0 Å². The van der Waals surface area contributed by atoms with E-state index in [-0.39, 0.29) is 18.9 Å². The number of rotatable bonds is 4. The molecule has 2 aromatic rings. The minimum Gasteiger partial charge on any atom is -0.481 e. The van der Waals surface area contributed by atoms with Crippen molar-refractivity contribution in [3.8, 4) is 0 Å². The molecule has 0 aliphatic carbocycles. The van der Waals surface area contributed by atoms with Gasteiger partial charge < -0.3 is 10.4 Å². The molecule has 5 nitrogen and oxygen atoms in total. The molecule has 1 aromatic heterocycles. The lowest BCUT2D eigenvalue weighted by Gasteiger charge is -2.06. The van der Waals surface area contributed by atoms with E-state index in [1.165, 1.54) is 0 Å². The Morgan fingerprint density at radius 1 is 1.22 bits per heavy atom. The van der Waals surface area contributed by atoms with Crippen LogP contribution in [-0.4, -0.2) is 28.5 Å². The second-order valence-corrected chi connectivity index (χ2v) is 3.78. The van der Waals surface area contributed by atoms with E-state index in [0.717, 1.165) is 10.9 Å². The minimum atomic E-state index is -0.935. The second-order valence-electron chi connectivity index (χ2n) is 3.78. The first-order chi connectivity index (χ1) is 8.68. The molecule has 0 aliphatic rings. The first kappa shape index (κ1) is 12.0. The Morgan fingerprint density at radius 2 is 2.00 bits per heavy atom. The number of fused-ring (bicyclic) bond motifs is 1. The molecule has 92 valence electrons. The molecule has 0 unspecified atom stereocenters. The van der Waals surface area contributed by atoms with Gasteiger partial charge in [-0.25, -0.2) is 0 Å². The van der Waals surface area contributed by atoms with Gasteiger partial charge in [-0.1, -0.05) is 18.2 Å². The molecule has 0 bridgehead atoms. The molecule has 1 aromatic carbocycles. The lowest BCUT2D eigenvalue weighted by molar-refractivity contribution is -0.136. The van der Waals surface area contributed by atoms with Crippen LogP contribution in [0.1, 0.15) is 16.8 Å². The van der Waals surface area contributed by atoms with E-state index in [1.54, 1.807) is 12.3 Å². The zero-order valence-corrected chi connectivity index (χ0v) is 9.59. The van der Waals surface area contributed by atoms with E-state index in [0.29, 0.717) is 5.56 Å². The van der Waals surface area contributed by atoms with Gasteiger partial charge in [0.1, 0.15) is 0 Å². The van der Waals surface area contributed by atoms with Gasteiger partial charge in [-0.05, 0) is 12.1 Å². The van der Waals surface area contributed by atoms with E-state index >= 15 is 0 Å². The monoisotopic (exact) mass is 244 g/mol. The summed E-state index contributed by atoms with van der Waals surface area (Å²) in [7, 11) is 0. The highest BCUT2D eigenvalue weighted by Gasteiger charge is 2.09. The van der Waals surface area contributed by atoms with Crippen molar-refractivity contribution in [3.63, 3.8) is 0 Å². The lowest BCUT2D eigenvalue weighted by atomic mass is 10.1. The zero-order valence-electron chi connectivity index (χ0n) is 9.59. The lowest BCUT2D eigenvalue weighted by Crippen LogP contribution is -2.26. The molecule has 0 saturated heterocycles. The third-order valence-electron chi connectivity index (χ3n) is 2.52. The molecular formula is C13H12N2O3. The predicted octanol–water partition coefficient (Wildman–Crippen LogP) is 1.44. The highest BCUT2D eigenvalue weighted by Crippen LogP contribution is 2.15. The Hall–Kier alpha value is -2.43. The van der Waals surface area contributed by atoms with Crippen LogP contribution in [0.15, 0.2) is 36.5 Å². The summed E-state index contributed by atoms with van der Waals surface area (Å²) in [5.74, 6) is -1.22. The number of para-hydroxylation sites is 1. The van der Waals surface area contributed by atoms with Gasteiger partial charge in [-0.3, -0.25) is 14.6 Å². The van der Waals surface area contributed by atoms with Crippen LogP contribution in [0.4, 0.5) is 0 Å². The van der Waals surface area contributed by atoms with Crippen molar-refractivity contribution in [2.24, 2.45) is 0 Å². The van der Waals surface area contributed by atoms with Gasteiger partial charge in [0.25, 0.3) is 5.91 Å². The molecule has 2 rings (SSSR count). The number of carboxylic acids is 1. The normalized spacial score (nSPS) is 10.2. The Balaban J connectivity index is 2.20. The molecule has 0 radical (unpaired) electrons. The number of aliphatic carboxylic acids is 1. The fourth-order valence-electron chi connectivity index (χ4n) is 1.67. The van der Waals surface area contributed by atoms with Crippen molar-refractivity contribution in [2.45, 2.75) is 6.42 Å². The van der Waals surface area contributed by atoms with E-state index in [1.807, 2.05) is 24.3 Å². The maximum Gasteiger partial charge on any atom is 0.305 e. The molecule has 5 heteroatoms. The van der Waals surface area contributed by atoms with Crippen molar-refractivity contribution >= 4 is 22.8 Å². The highest BCUT2D eigenvalue weighted by molar-refractivity contribution is 6.05. The Kier molecular flexibility index (Phi) is 3.52. The number of carbonyl (C=O) groups excluding carboxylic acids is 1. The molecule has 0 saturated carbocycles. The van der Waals surface area contributed by atoms with Gasteiger partial charge in [0.15, 0.2) is 0 Å². The number of benzene rings is 1. The van der Waals surface area contributed by atoms with Crippen LogP contribution in [-0.2, 0) is 4.79 Å². The van der Waals surface area contributed by atoms with Crippen LogP contribution in [0, 0.1) is 0 Å². The summed E-state index contributed by atoms with van der Waals surface area (Å²) in [5.41, 5.74) is 1.24. The Morgan fingerprint density at radius 3 is 2.78 bits per heavy atom. The number of nitrogens with zero attached hydrogens (tertiary/aromatic N) is 1. The topological polar surface area (TPSA) is 79.3 Å². The average Bonchev–Trinajstić information content (AvgIpc) is 2.37. The van der Waals surface area contributed by atoms with Gasteiger partial charge in [0, 0.05) is 18.1 Å². The minimum absolute atomic E-state index is 0.0885. The van der Waals surface area contributed by atoms with Crippen LogP contribution < -0.4 is 5.32 Å². The van der Waals surface area contributed by atoms with E-state index in [9.17, 15) is 9.59 Å². The van der Waals surface area contributed by atoms with Gasteiger partial charge >= 0.3 is 5.97 Å². The maximum atomic E-state index is 11.9. The van der Waals surface area contributed by atoms with Gasteiger partial charge in [-0.2, -0.15) is 0 Å². The van der Waals surface area contributed by atoms with Crippen LogP contribution in [0.25, 0.3) is 10.9 Å². The van der Waals surface area contributed by atoms with Gasteiger partial charge in [0.2, 0.25) is 0 Å². The standard InChI is InChI=1S/C13H12N2O3/c16-12(17)6-8-15-13(18)10-5-7-14-11-4-2-1-3-9(10)11/h1-5,7H,6,8H2,(H,15,18)(H,16,17). The van der Waals surface area contributed by atoms with Crippen molar-refractivity contribution in [1.82, 2.24) is 10.3 Å². The first-order valence-electron chi connectivity index (χ1n) is 5.52. The SMILES string of the molecule is O=C(O)CCNC(=O)c1ccnc2ccccc12. The smallest absolute Gasteiger partial charge is 0.305 e. The number of aromatic nitrogens is 1. The quantitative estimate of drug-likeness (QED) is 0.852. The first-order valence-corrected chi connectivity index (χ1v) is 5.52. The number of hydrogen-bond donors (Lipinski definition) is 2. The molecule has 0 fully saturated rings. The van der Waals surface area contributed by atoms with Crippen LogP contribution >= 0.6 is 0 Å². The summed E-state index contributed by atoms with van der Waals surface area (Å²) in [6, 6.07) is 8.94. The zero-order chi connectivity index (χ0) is 13.0. The summed E-state index contributed by atoms with van der Waals surface area (Å²) in [5, 5.41) is 11.8. The van der Waals surface area contributed by atoms with E-state index in [2.05, 4.69) is 10.3 Å². The maximum absolute atomic E-state index is 11.9. The fraction of sp³-hybridized carbons (Fsp3) is 0.154. The molecule has 0 atom stereocenters. The molecule has 18 heavy (non-hydrogen) atoms. The van der Waals surface area contributed by atoms with Crippen LogP contribution in [0.3, 0.4) is 0 Å². The van der Waals surface area contributed by atoms with Crippen LogP contribution in [0.5, 0.6) is 0 Å². The van der Waals surface area contributed by atoms with E-state index in [4.69, 9.17) is 5.11 Å². The fourth-order valence-corrected chi connectivity index (χ4v) is 1.67. The molecule has 1 heterocycles. The van der Waals surface area contributed by atoms with Crippen molar-refractivity contribution in [3.05, 3.63) is 42.1 Å². The number of nitrogens with one attached hydrogen (secondary N) is 1. The Labute approximate surface area is 103 Å². The third-order valence-corrected chi connectivity index (χ3v) is 2.52. The summed E-state index contributed by atoms with van der Waals surface area (Å²) >= 11 is 0. The third kappa shape index (κ3) is 2.63. The average molecular weight is 244 g/mol. The second kappa shape index (κ2) is 5.27. The number of carboxylic acid groups (broad SMARTS) is 1. The molecule has 2 N–H and O–H groups in total.